The fourth-order valence-corrected chi connectivity index (χ4v) is 4.09. The van der Waals surface area contributed by atoms with Crippen LogP contribution in [0, 0.1) is 11.3 Å². The van der Waals surface area contributed by atoms with Gasteiger partial charge in [-0.2, -0.15) is 5.26 Å². The molecule has 2 aliphatic heterocycles. The Morgan fingerprint density at radius 2 is 1.94 bits per heavy atom. The summed E-state index contributed by atoms with van der Waals surface area (Å²) in [7, 11) is 0. The van der Waals surface area contributed by atoms with Crippen LogP contribution in [0.5, 0.6) is 5.75 Å². The maximum atomic E-state index is 12.4. The molecule has 2 aromatic carbocycles. The zero-order valence-electron chi connectivity index (χ0n) is 18.9. The Labute approximate surface area is 202 Å². The molecule has 0 aliphatic carbocycles. The molecule has 5 rings (SSSR count). The van der Waals surface area contributed by atoms with Gasteiger partial charge in [-0.1, -0.05) is 30.3 Å². The van der Waals surface area contributed by atoms with Gasteiger partial charge in [0, 0.05) is 6.54 Å². The maximum Gasteiger partial charge on any atom is 0.415 e. The highest BCUT2D eigenvalue weighted by Crippen LogP contribution is 2.30. The number of amides is 2. The molecule has 1 fully saturated rings. The van der Waals surface area contributed by atoms with Gasteiger partial charge in [0.1, 0.15) is 11.9 Å². The highest BCUT2D eigenvalue weighted by Gasteiger charge is 2.33. The van der Waals surface area contributed by atoms with Crippen LogP contribution in [0.2, 0.25) is 0 Å². The molecule has 3 heterocycles. The van der Waals surface area contributed by atoms with E-state index in [1.165, 1.54) is 4.90 Å². The first kappa shape index (κ1) is 22.4. The second kappa shape index (κ2) is 9.83. The predicted molar refractivity (Wildman–Crippen MR) is 129 cm³/mol. The largest absolute Gasteiger partial charge is 0.480 e. The molecule has 176 valence electrons. The van der Waals surface area contributed by atoms with Gasteiger partial charge >= 0.3 is 6.09 Å². The van der Waals surface area contributed by atoms with Gasteiger partial charge in [-0.25, -0.2) is 9.78 Å². The van der Waals surface area contributed by atoms with Gasteiger partial charge < -0.3 is 20.1 Å². The molecule has 9 nitrogen and oxygen atoms in total. The fourth-order valence-electron chi connectivity index (χ4n) is 4.09. The molecule has 35 heavy (non-hydrogen) atoms. The molecule has 0 spiro atoms. The molecule has 3 aromatic rings. The molecule has 9 heteroatoms. The van der Waals surface area contributed by atoms with Crippen LogP contribution < -0.4 is 20.3 Å². The Kier molecular flexibility index (Phi) is 6.28. The number of fused-ring (bicyclic) bond motifs is 1. The van der Waals surface area contributed by atoms with Crippen LogP contribution >= 0.6 is 0 Å². The summed E-state index contributed by atoms with van der Waals surface area (Å²) < 4.78 is 10.8. The number of rotatable bonds is 7. The van der Waals surface area contributed by atoms with Crippen LogP contribution in [-0.4, -0.2) is 42.8 Å². The van der Waals surface area contributed by atoms with E-state index < -0.39 is 6.09 Å². The normalized spacial score (nSPS) is 16.7. The van der Waals surface area contributed by atoms with Gasteiger partial charge in [0.15, 0.2) is 18.2 Å². The summed E-state index contributed by atoms with van der Waals surface area (Å²) in [4.78, 5) is 29.7. The molecule has 1 atom stereocenters. The number of nitrogens with one attached hydrogen (secondary N) is 2. The SMILES string of the molecule is N#Cc1cccc(-c2cccc(CNCCC3CN(c4ccc5c(n4)NC(=O)CO5)C(=O)O3)c2)c1. The molecule has 0 radical (unpaired) electrons. The number of hydrogen-bond donors (Lipinski definition) is 2. The summed E-state index contributed by atoms with van der Waals surface area (Å²) in [6, 6.07) is 21.3. The van der Waals surface area contributed by atoms with Gasteiger partial charge in [-0.3, -0.25) is 9.69 Å². The van der Waals surface area contributed by atoms with E-state index in [0.717, 1.165) is 16.7 Å². The Balaban J connectivity index is 1.14. The number of aromatic nitrogens is 1. The molecule has 2 N–H and O–H groups in total. The fraction of sp³-hybridized carbons (Fsp3) is 0.231. The van der Waals surface area contributed by atoms with Crippen LogP contribution in [-0.2, 0) is 16.1 Å². The Hall–Kier alpha value is -4.42. The third kappa shape index (κ3) is 5.08. The van der Waals surface area contributed by atoms with Crippen LogP contribution in [0.25, 0.3) is 11.1 Å². The van der Waals surface area contributed by atoms with Crippen LogP contribution in [0.1, 0.15) is 17.5 Å². The standard InChI is InChI=1S/C26H23N5O4/c27-13-17-3-1-5-19(11-17)20-6-2-4-18(12-20)14-28-10-9-21-15-31(26(33)35-21)23-8-7-22-25(29-23)30-24(32)16-34-22/h1-8,11-12,21,28H,9-10,14-16H2,(H,29,30,32). The monoisotopic (exact) mass is 469 g/mol. The summed E-state index contributed by atoms with van der Waals surface area (Å²) >= 11 is 0. The molecule has 1 saturated heterocycles. The van der Waals surface area contributed by atoms with E-state index in [2.05, 4.69) is 27.8 Å². The summed E-state index contributed by atoms with van der Waals surface area (Å²) in [6.45, 7) is 1.67. The highest BCUT2D eigenvalue weighted by atomic mass is 16.6. The van der Waals surface area contributed by atoms with Crippen molar-refractivity contribution in [2.45, 2.75) is 19.1 Å². The van der Waals surface area contributed by atoms with Gasteiger partial charge in [0.25, 0.3) is 5.91 Å². The molecular formula is C26H23N5O4. The Morgan fingerprint density at radius 3 is 2.80 bits per heavy atom. The van der Waals surface area contributed by atoms with Crippen LogP contribution in [0.15, 0.2) is 60.7 Å². The average molecular weight is 470 g/mol. The van der Waals surface area contributed by atoms with E-state index in [9.17, 15) is 9.59 Å². The summed E-state index contributed by atoms with van der Waals surface area (Å²) in [5, 5.41) is 15.2. The van der Waals surface area contributed by atoms with Gasteiger partial charge in [-0.05, 0) is 60.0 Å². The number of hydrogen-bond acceptors (Lipinski definition) is 7. The van der Waals surface area contributed by atoms with Gasteiger partial charge in [0.2, 0.25) is 0 Å². The summed E-state index contributed by atoms with van der Waals surface area (Å²) in [5.41, 5.74) is 3.82. The maximum absolute atomic E-state index is 12.4. The lowest BCUT2D eigenvalue weighted by atomic mass is 10.0. The molecular weight excluding hydrogens is 446 g/mol. The first-order chi connectivity index (χ1) is 17.1. The quantitative estimate of drug-likeness (QED) is 0.509. The number of carbonyl (C=O) groups is 2. The smallest absolute Gasteiger partial charge is 0.415 e. The third-order valence-corrected chi connectivity index (χ3v) is 5.83. The number of nitriles is 1. The molecule has 2 aliphatic rings. The molecule has 0 saturated carbocycles. The average Bonchev–Trinajstić information content (AvgIpc) is 3.26. The van der Waals surface area contributed by atoms with Gasteiger partial charge in [0.05, 0.1) is 18.2 Å². The molecule has 1 aromatic heterocycles. The predicted octanol–water partition coefficient (Wildman–Crippen LogP) is 3.46. The van der Waals surface area contributed by atoms with E-state index in [-0.39, 0.29) is 18.6 Å². The number of cyclic esters (lactones) is 1. The molecule has 0 bridgehead atoms. The van der Waals surface area contributed by atoms with E-state index in [4.69, 9.17) is 14.7 Å². The van der Waals surface area contributed by atoms with Gasteiger partial charge in [-0.15, -0.1) is 0 Å². The van der Waals surface area contributed by atoms with Crippen molar-refractivity contribution >= 4 is 23.6 Å². The van der Waals surface area contributed by atoms with E-state index in [0.29, 0.717) is 49.0 Å². The Bertz CT molecular complexity index is 1320. The van der Waals surface area contributed by atoms with E-state index in [1.807, 2.05) is 36.4 Å². The number of ether oxygens (including phenoxy) is 2. The third-order valence-electron chi connectivity index (χ3n) is 5.83. The first-order valence-electron chi connectivity index (χ1n) is 11.3. The highest BCUT2D eigenvalue weighted by molar-refractivity contribution is 5.95. The van der Waals surface area contributed by atoms with Crippen molar-refractivity contribution in [1.82, 2.24) is 10.3 Å². The number of anilines is 2. The minimum Gasteiger partial charge on any atom is -0.480 e. The lowest BCUT2D eigenvalue weighted by Gasteiger charge is -2.19. The summed E-state index contributed by atoms with van der Waals surface area (Å²) in [5.74, 6) is 0.908. The van der Waals surface area contributed by atoms with Crippen molar-refractivity contribution in [1.29, 1.82) is 5.26 Å². The van der Waals surface area contributed by atoms with Crippen molar-refractivity contribution in [3.05, 3.63) is 71.8 Å². The number of nitrogens with zero attached hydrogens (tertiary/aromatic N) is 3. The van der Waals surface area contributed by atoms with Crippen LogP contribution in [0.4, 0.5) is 16.4 Å². The van der Waals surface area contributed by atoms with Crippen molar-refractivity contribution in [2.24, 2.45) is 0 Å². The zero-order chi connectivity index (χ0) is 24.2. The van der Waals surface area contributed by atoms with E-state index >= 15 is 0 Å². The minimum atomic E-state index is -0.460. The van der Waals surface area contributed by atoms with Crippen molar-refractivity contribution in [2.75, 3.05) is 29.9 Å². The van der Waals surface area contributed by atoms with Crippen LogP contribution in [0.3, 0.4) is 0 Å². The zero-order valence-corrected chi connectivity index (χ0v) is 18.9. The van der Waals surface area contributed by atoms with Crippen molar-refractivity contribution in [3.63, 3.8) is 0 Å². The number of pyridine rings is 1. The minimum absolute atomic E-state index is 0.0481. The number of benzene rings is 2. The topological polar surface area (TPSA) is 117 Å². The molecule has 1 unspecified atom stereocenters. The molecule has 2 amide bonds. The second-order valence-corrected chi connectivity index (χ2v) is 8.33. The van der Waals surface area contributed by atoms with E-state index in [1.54, 1.807) is 18.2 Å². The first-order valence-corrected chi connectivity index (χ1v) is 11.3. The van der Waals surface area contributed by atoms with Crippen molar-refractivity contribution in [3.8, 4) is 22.9 Å². The lowest BCUT2D eigenvalue weighted by Crippen LogP contribution is -2.29. The summed E-state index contributed by atoms with van der Waals surface area (Å²) in [6.07, 6.45) is -0.0757. The lowest BCUT2D eigenvalue weighted by molar-refractivity contribution is -0.118. The Morgan fingerprint density at radius 1 is 1.11 bits per heavy atom. The van der Waals surface area contributed by atoms with Crippen molar-refractivity contribution < 1.29 is 19.1 Å². The number of carbonyl (C=O) groups excluding carboxylic acids is 2. The second-order valence-electron chi connectivity index (χ2n) is 8.33.